The first-order chi connectivity index (χ1) is 28.9. The van der Waals surface area contributed by atoms with E-state index in [1.165, 1.54) is 128 Å². The number of amides is 2. The molecule has 2 amide bonds. The van der Waals surface area contributed by atoms with Crippen LogP contribution in [0.1, 0.15) is 219 Å². The lowest BCUT2D eigenvalue weighted by Crippen LogP contribution is -2.35. The summed E-state index contributed by atoms with van der Waals surface area (Å²) < 4.78 is 13.4. The first kappa shape index (κ1) is 52.6. The van der Waals surface area contributed by atoms with Gasteiger partial charge in [0.15, 0.2) is 5.79 Å². The summed E-state index contributed by atoms with van der Waals surface area (Å²) >= 11 is 0. The lowest BCUT2D eigenvalue weighted by atomic mass is 9.98. The van der Waals surface area contributed by atoms with Gasteiger partial charge in [0.1, 0.15) is 0 Å². The number of carbonyl (C=O) groups excluding carboxylic acids is 3. The molecular weight excluding hydrogens is 737 g/mol. The van der Waals surface area contributed by atoms with Crippen LogP contribution in [0.3, 0.4) is 0 Å². The molecule has 1 atom stereocenters. The summed E-state index contributed by atoms with van der Waals surface area (Å²) in [6.07, 6.45) is 53.6. The molecule has 0 aromatic carbocycles. The minimum Gasteiger partial charge on any atom is -0.347 e. The molecule has 0 N–H and O–H groups in total. The maximum Gasteiger partial charge on any atom is 0.333 e. The third-order valence-electron chi connectivity index (χ3n) is 11.6. The molecule has 2 rings (SSSR count). The maximum absolute atomic E-state index is 12.1. The van der Waals surface area contributed by atoms with Gasteiger partial charge in [-0.05, 0) is 103 Å². The fourth-order valence-electron chi connectivity index (χ4n) is 7.93. The molecule has 0 saturated carbocycles. The van der Waals surface area contributed by atoms with Gasteiger partial charge >= 0.3 is 5.97 Å². The fourth-order valence-corrected chi connectivity index (χ4v) is 7.93. The molecule has 59 heavy (non-hydrogen) atoms. The average molecular weight is 825 g/mol. The minimum absolute atomic E-state index is 0.0692. The van der Waals surface area contributed by atoms with Crippen molar-refractivity contribution in [3.8, 4) is 0 Å². The Morgan fingerprint density at radius 1 is 0.627 bits per heavy atom. The van der Waals surface area contributed by atoms with Gasteiger partial charge in [0.2, 0.25) is 0 Å². The molecule has 0 radical (unpaired) electrons. The number of imide groups is 1. The third-order valence-corrected chi connectivity index (χ3v) is 11.6. The van der Waals surface area contributed by atoms with Crippen molar-refractivity contribution in [1.82, 2.24) is 9.96 Å². The normalized spacial score (nSPS) is 17.2. The zero-order valence-electron chi connectivity index (χ0n) is 38.3. The molecule has 2 fully saturated rings. The zero-order valence-corrected chi connectivity index (χ0v) is 38.3. The molecule has 338 valence electrons. The van der Waals surface area contributed by atoms with Crippen LogP contribution < -0.4 is 0 Å². The van der Waals surface area contributed by atoms with Gasteiger partial charge < -0.3 is 19.2 Å². The van der Waals surface area contributed by atoms with E-state index in [2.05, 4.69) is 74.4 Å². The summed E-state index contributed by atoms with van der Waals surface area (Å²) in [6, 6.07) is 0. The number of ether oxygens (including phenoxy) is 2. The molecule has 8 nitrogen and oxygen atoms in total. The summed E-state index contributed by atoms with van der Waals surface area (Å²) in [7, 11) is 2.13. The second kappa shape index (κ2) is 36.1. The lowest BCUT2D eigenvalue weighted by molar-refractivity contribution is -0.197. The molecule has 0 aromatic rings. The van der Waals surface area contributed by atoms with Crippen LogP contribution in [-0.4, -0.2) is 66.4 Å². The molecule has 8 heteroatoms. The molecule has 0 unspecified atom stereocenters. The maximum atomic E-state index is 12.1. The number of hydrogen-bond donors (Lipinski definition) is 0. The van der Waals surface area contributed by atoms with Crippen LogP contribution in [-0.2, 0) is 28.7 Å². The van der Waals surface area contributed by atoms with Gasteiger partial charge in [-0.1, -0.05) is 146 Å². The highest BCUT2D eigenvalue weighted by atomic mass is 16.7. The Morgan fingerprint density at radius 2 is 1.07 bits per heavy atom. The van der Waals surface area contributed by atoms with Crippen molar-refractivity contribution in [2.24, 2.45) is 0 Å². The molecule has 0 aromatic heterocycles. The fraction of sp³-hybridized carbons (Fsp3) is 0.784. The van der Waals surface area contributed by atoms with Crippen LogP contribution in [0.2, 0.25) is 0 Å². The number of hydrogen-bond acceptors (Lipinski definition) is 7. The summed E-state index contributed by atoms with van der Waals surface area (Å²) in [6.45, 7) is 6.90. The smallest absolute Gasteiger partial charge is 0.333 e. The van der Waals surface area contributed by atoms with E-state index < -0.39 is 23.6 Å². The largest absolute Gasteiger partial charge is 0.347 e. The van der Waals surface area contributed by atoms with Gasteiger partial charge in [0, 0.05) is 38.6 Å². The van der Waals surface area contributed by atoms with E-state index in [0.717, 1.165) is 64.5 Å². The molecule has 0 bridgehead atoms. The highest BCUT2D eigenvalue weighted by molar-refractivity contribution is 6.01. The van der Waals surface area contributed by atoms with E-state index in [-0.39, 0.29) is 25.4 Å². The van der Waals surface area contributed by atoms with Crippen LogP contribution in [0.15, 0.2) is 48.6 Å². The van der Waals surface area contributed by atoms with Crippen molar-refractivity contribution in [3.63, 3.8) is 0 Å². The van der Waals surface area contributed by atoms with E-state index in [4.69, 9.17) is 14.3 Å². The van der Waals surface area contributed by atoms with E-state index >= 15 is 0 Å². The Morgan fingerprint density at radius 3 is 1.56 bits per heavy atom. The predicted molar refractivity (Wildman–Crippen MR) is 245 cm³/mol. The van der Waals surface area contributed by atoms with Crippen LogP contribution in [0.5, 0.6) is 0 Å². The molecule has 2 aliphatic rings. The van der Waals surface area contributed by atoms with Crippen LogP contribution in [0.25, 0.3) is 0 Å². The van der Waals surface area contributed by atoms with Gasteiger partial charge in [-0.2, -0.15) is 0 Å². The van der Waals surface area contributed by atoms with Gasteiger partial charge in [-0.3, -0.25) is 9.59 Å². The summed E-state index contributed by atoms with van der Waals surface area (Å²) in [5.41, 5.74) is 0. The number of carbonyl (C=O) groups is 3. The highest BCUT2D eigenvalue weighted by Crippen LogP contribution is 2.35. The number of hydroxylamine groups is 2. The van der Waals surface area contributed by atoms with Crippen molar-refractivity contribution in [2.45, 2.75) is 231 Å². The molecular formula is C51H88N2O6. The van der Waals surface area contributed by atoms with Crippen molar-refractivity contribution >= 4 is 17.8 Å². The number of rotatable bonds is 39. The Hall–Kier alpha value is -2.55. The van der Waals surface area contributed by atoms with E-state index in [1.807, 2.05) is 0 Å². The van der Waals surface area contributed by atoms with Gasteiger partial charge in [0.05, 0.1) is 12.7 Å². The van der Waals surface area contributed by atoms with Crippen LogP contribution in [0.4, 0.5) is 0 Å². The van der Waals surface area contributed by atoms with Crippen molar-refractivity contribution in [2.75, 3.05) is 26.7 Å². The van der Waals surface area contributed by atoms with Gasteiger partial charge in [-0.15, -0.1) is 5.06 Å². The predicted octanol–water partition coefficient (Wildman–Crippen LogP) is 13.6. The van der Waals surface area contributed by atoms with Gasteiger partial charge in [-0.25, -0.2) is 4.79 Å². The summed E-state index contributed by atoms with van der Waals surface area (Å²) in [4.78, 5) is 42.8. The molecule has 2 aliphatic heterocycles. The molecule has 0 spiro atoms. The number of nitrogens with zero attached hydrogens (tertiary/aromatic N) is 2. The number of likely N-dealkylation sites (N-methyl/N-ethyl adjacent to an activating group) is 1. The van der Waals surface area contributed by atoms with Crippen molar-refractivity contribution < 1.29 is 28.7 Å². The first-order valence-electron chi connectivity index (χ1n) is 24.6. The minimum atomic E-state index is -0.519. The third kappa shape index (κ3) is 27.8. The van der Waals surface area contributed by atoms with Crippen molar-refractivity contribution in [3.05, 3.63) is 48.6 Å². The number of allylic oxidation sites excluding steroid dienone is 8. The molecule has 2 saturated heterocycles. The second-order valence-electron chi connectivity index (χ2n) is 17.2. The monoisotopic (exact) mass is 825 g/mol. The Labute approximate surface area is 362 Å². The second-order valence-corrected chi connectivity index (χ2v) is 17.2. The van der Waals surface area contributed by atoms with E-state index in [0.29, 0.717) is 18.1 Å². The highest BCUT2D eigenvalue weighted by Gasteiger charge is 2.40. The lowest BCUT2D eigenvalue weighted by Gasteiger charge is -2.29. The topological polar surface area (TPSA) is 85.4 Å². The van der Waals surface area contributed by atoms with E-state index in [1.54, 1.807) is 0 Å². The van der Waals surface area contributed by atoms with Gasteiger partial charge in [0.25, 0.3) is 11.8 Å². The Balaban J connectivity index is 1.65. The quantitative estimate of drug-likeness (QED) is 0.0347. The van der Waals surface area contributed by atoms with Crippen LogP contribution >= 0.6 is 0 Å². The molecule has 0 aliphatic carbocycles. The Bertz CT molecular complexity index is 1130. The average Bonchev–Trinajstić information content (AvgIpc) is 3.77. The van der Waals surface area contributed by atoms with E-state index in [9.17, 15) is 14.4 Å². The zero-order chi connectivity index (χ0) is 42.5. The number of unbranched alkanes of at least 4 members (excludes halogenated alkanes) is 20. The molecule has 2 heterocycles. The SMILES string of the molecule is CCCCC/C=C\C/C=C\CCCCCCCCC1(CCCCCCCC/C=C\C/C=C\CCCCC)OC[C@H](CN(C)CCCCCC(=O)ON2C(=O)CCC2=O)O1. The standard InChI is InChI=1S/C51H88N2O6/c1-4-6-8-10-12-14-16-18-20-22-24-26-28-30-32-36-42-51(43-37-33-31-29-27-25-23-21-19-17-15-13-11-9-7-5-2)57-46-47(58-51)45-52(3)44-38-34-35-39-50(56)59-53-48(54)40-41-49(53)55/h12-15,18-21,47H,4-11,16-17,22-46H2,1-3H3/b14-12-,15-13-,20-18-,21-19-/t47-/m0/s1. The summed E-state index contributed by atoms with van der Waals surface area (Å²) in [5.74, 6) is -1.84. The van der Waals surface area contributed by atoms with Crippen LogP contribution in [0, 0.1) is 0 Å². The Kier molecular flexibility index (Phi) is 32.2. The van der Waals surface area contributed by atoms with Crippen molar-refractivity contribution in [1.29, 1.82) is 0 Å². The summed E-state index contributed by atoms with van der Waals surface area (Å²) in [5, 5.41) is 0.633. The first-order valence-corrected chi connectivity index (χ1v) is 24.6.